The second-order valence-corrected chi connectivity index (χ2v) is 7.34. The minimum atomic E-state index is -0.0701. The van der Waals surface area contributed by atoms with E-state index in [1.54, 1.807) is 4.90 Å². The molecule has 0 bridgehead atoms. The van der Waals surface area contributed by atoms with Gasteiger partial charge in [0.25, 0.3) is 5.56 Å². The van der Waals surface area contributed by atoms with Crippen LogP contribution in [0.4, 0.5) is 0 Å². The number of hydrogen-bond acceptors (Lipinski definition) is 5. The summed E-state index contributed by atoms with van der Waals surface area (Å²) in [7, 11) is 0. The van der Waals surface area contributed by atoms with Gasteiger partial charge in [-0.3, -0.25) is 14.2 Å². The van der Waals surface area contributed by atoms with E-state index in [1.165, 1.54) is 22.2 Å². The summed E-state index contributed by atoms with van der Waals surface area (Å²) in [5.41, 5.74) is 0.910. The number of carbonyl (C=O) groups is 1. The first-order valence-electron chi connectivity index (χ1n) is 7.85. The number of amides is 1. The first-order chi connectivity index (χ1) is 11.0. The van der Waals surface area contributed by atoms with Crippen LogP contribution < -0.4 is 5.56 Å². The fourth-order valence-corrected chi connectivity index (χ4v) is 4.00. The van der Waals surface area contributed by atoms with Gasteiger partial charge in [-0.1, -0.05) is 0 Å². The summed E-state index contributed by atoms with van der Waals surface area (Å²) in [5, 5.41) is 9.82. The number of nitrogens with zero attached hydrogens (tertiary/aromatic N) is 3. The molecule has 1 unspecified atom stereocenters. The summed E-state index contributed by atoms with van der Waals surface area (Å²) in [4.78, 5) is 32.8. The van der Waals surface area contributed by atoms with Gasteiger partial charge in [0.1, 0.15) is 4.83 Å². The van der Waals surface area contributed by atoms with Gasteiger partial charge >= 0.3 is 0 Å². The predicted octanol–water partition coefficient (Wildman–Crippen LogP) is 1.31. The van der Waals surface area contributed by atoms with Crippen molar-refractivity contribution in [2.75, 3.05) is 19.7 Å². The molecule has 7 heteroatoms. The van der Waals surface area contributed by atoms with Gasteiger partial charge in [0.15, 0.2) is 0 Å². The summed E-state index contributed by atoms with van der Waals surface area (Å²) in [6.45, 7) is 5.70. The van der Waals surface area contributed by atoms with Crippen LogP contribution in [0.25, 0.3) is 10.2 Å². The maximum absolute atomic E-state index is 12.6. The smallest absolute Gasteiger partial charge is 0.262 e. The van der Waals surface area contributed by atoms with Crippen molar-refractivity contribution in [3.05, 3.63) is 27.1 Å². The molecule has 1 aliphatic heterocycles. The second-order valence-electron chi connectivity index (χ2n) is 6.13. The Morgan fingerprint density at radius 3 is 2.96 bits per heavy atom. The molecule has 2 aromatic heterocycles. The predicted molar refractivity (Wildman–Crippen MR) is 89.7 cm³/mol. The lowest BCUT2D eigenvalue weighted by molar-refractivity contribution is -0.130. The lowest BCUT2D eigenvalue weighted by Gasteiger charge is -2.16. The Bertz CT molecular complexity index is 796. The molecule has 124 valence electrons. The highest BCUT2D eigenvalue weighted by atomic mass is 32.1. The van der Waals surface area contributed by atoms with Crippen molar-refractivity contribution in [1.82, 2.24) is 14.5 Å². The quantitative estimate of drug-likeness (QED) is 0.914. The van der Waals surface area contributed by atoms with Crippen LogP contribution in [0.3, 0.4) is 0 Å². The fraction of sp³-hybridized carbons (Fsp3) is 0.562. The van der Waals surface area contributed by atoms with Crippen molar-refractivity contribution < 1.29 is 9.90 Å². The van der Waals surface area contributed by atoms with E-state index in [2.05, 4.69) is 4.98 Å². The van der Waals surface area contributed by atoms with E-state index in [-0.39, 0.29) is 30.4 Å². The molecule has 2 aromatic rings. The molecule has 1 fully saturated rings. The molecule has 0 aliphatic carbocycles. The Morgan fingerprint density at radius 1 is 1.48 bits per heavy atom. The first-order valence-corrected chi connectivity index (χ1v) is 8.66. The van der Waals surface area contributed by atoms with E-state index < -0.39 is 0 Å². The normalized spacial score (nSPS) is 18.0. The molecular weight excluding hydrogens is 314 g/mol. The Kier molecular flexibility index (Phi) is 4.50. The van der Waals surface area contributed by atoms with E-state index in [1.807, 2.05) is 13.8 Å². The third kappa shape index (κ3) is 3.03. The summed E-state index contributed by atoms with van der Waals surface area (Å²) in [6, 6.07) is 0. The molecule has 3 heterocycles. The SMILES string of the molecule is Cc1sc2ncn(CCC(=O)N3CCC(CO)C3)c(=O)c2c1C. The van der Waals surface area contributed by atoms with Gasteiger partial charge in [0.05, 0.1) is 11.7 Å². The monoisotopic (exact) mass is 335 g/mol. The number of aromatic nitrogens is 2. The molecule has 0 aromatic carbocycles. The molecule has 1 N–H and O–H groups in total. The maximum Gasteiger partial charge on any atom is 0.262 e. The number of carbonyl (C=O) groups excluding carboxylic acids is 1. The Balaban J connectivity index is 1.72. The Morgan fingerprint density at radius 2 is 2.26 bits per heavy atom. The number of aryl methyl sites for hydroxylation is 3. The molecule has 1 aliphatic rings. The molecular formula is C16H21N3O3S. The van der Waals surface area contributed by atoms with Gasteiger partial charge in [0, 0.05) is 43.5 Å². The average molecular weight is 335 g/mol. The number of fused-ring (bicyclic) bond motifs is 1. The van der Waals surface area contributed by atoms with Crippen molar-refractivity contribution in [2.45, 2.75) is 33.2 Å². The van der Waals surface area contributed by atoms with Gasteiger partial charge in [-0.05, 0) is 25.8 Å². The van der Waals surface area contributed by atoms with E-state index >= 15 is 0 Å². The number of rotatable bonds is 4. The number of hydrogen-bond donors (Lipinski definition) is 1. The highest BCUT2D eigenvalue weighted by Crippen LogP contribution is 2.25. The van der Waals surface area contributed by atoms with Crippen molar-refractivity contribution in [1.29, 1.82) is 0 Å². The zero-order valence-electron chi connectivity index (χ0n) is 13.4. The zero-order chi connectivity index (χ0) is 16.6. The van der Waals surface area contributed by atoms with Gasteiger partial charge in [-0.15, -0.1) is 11.3 Å². The fourth-order valence-electron chi connectivity index (χ4n) is 3.01. The van der Waals surface area contributed by atoms with Crippen LogP contribution in [0.2, 0.25) is 0 Å². The van der Waals surface area contributed by atoms with Crippen LogP contribution >= 0.6 is 11.3 Å². The van der Waals surface area contributed by atoms with Crippen molar-refractivity contribution >= 4 is 27.5 Å². The van der Waals surface area contributed by atoms with Crippen LogP contribution in [0, 0.1) is 19.8 Å². The van der Waals surface area contributed by atoms with Gasteiger partial charge in [0.2, 0.25) is 5.91 Å². The second kappa shape index (κ2) is 6.41. The van der Waals surface area contributed by atoms with Crippen LogP contribution in [0.5, 0.6) is 0 Å². The molecule has 23 heavy (non-hydrogen) atoms. The molecule has 6 nitrogen and oxygen atoms in total. The lowest BCUT2D eigenvalue weighted by Crippen LogP contribution is -2.31. The molecule has 0 radical (unpaired) electrons. The summed E-state index contributed by atoms with van der Waals surface area (Å²) >= 11 is 1.53. The number of thiophene rings is 1. The van der Waals surface area contributed by atoms with Gasteiger partial charge in [-0.2, -0.15) is 0 Å². The van der Waals surface area contributed by atoms with E-state index in [4.69, 9.17) is 5.11 Å². The lowest BCUT2D eigenvalue weighted by atomic mass is 10.1. The Labute approximate surface area is 138 Å². The number of aliphatic hydroxyl groups is 1. The Hall–Kier alpha value is -1.73. The van der Waals surface area contributed by atoms with E-state index in [0.29, 0.717) is 25.0 Å². The molecule has 0 spiro atoms. The molecule has 3 rings (SSSR count). The highest BCUT2D eigenvalue weighted by molar-refractivity contribution is 7.18. The topological polar surface area (TPSA) is 75.4 Å². The van der Waals surface area contributed by atoms with Crippen LogP contribution in [0.15, 0.2) is 11.1 Å². The standard InChI is InChI=1S/C16H21N3O3S/c1-10-11(2)23-15-14(10)16(22)19(9-17-15)6-4-13(21)18-5-3-12(7-18)8-20/h9,12,20H,3-8H2,1-2H3. The number of aliphatic hydroxyl groups excluding tert-OH is 1. The molecule has 0 saturated carbocycles. The first kappa shape index (κ1) is 16.1. The van der Waals surface area contributed by atoms with Crippen molar-refractivity contribution in [2.24, 2.45) is 5.92 Å². The van der Waals surface area contributed by atoms with Gasteiger partial charge in [-0.25, -0.2) is 4.98 Å². The minimum Gasteiger partial charge on any atom is -0.396 e. The largest absolute Gasteiger partial charge is 0.396 e. The average Bonchev–Trinajstić information content (AvgIpc) is 3.12. The van der Waals surface area contributed by atoms with Crippen LogP contribution in [-0.4, -0.2) is 45.2 Å². The summed E-state index contributed by atoms with van der Waals surface area (Å²) in [6.07, 6.45) is 2.67. The van der Waals surface area contributed by atoms with Crippen LogP contribution in [-0.2, 0) is 11.3 Å². The minimum absolute atomic E-state index is 0.0335. The summed E-state index contributed by atoms with van der Waals surface area (Å²) in [5.74, 6) is 0.224. The molecule has 1 atom stereocenters. The highest BCUT2D eigenvalue weighted by Gasteiger charge is 2.25. The molecule has 1 saturated heterocycles. The molecule has 1 amide bonds. The maximum atomic E-state index is 12.6. The number of likely N-dealkylation sites (tertiary alicyclic amines) is 1. The van der Waals surface area contributed by atoms with E-state index in [0.717, 1.165) is 21.7 Å². The van der Waals surface area contributed by atoms with Gasteiger partial charge < -0.3 is 10.0 Å². The van der Waals surface area contributed by atoms with E-state index in [9.17, 15) is 9.59 Å². The summed E-state index contributed by atoms with van der Waals surface area (Å²) < 4.78 is 1.53. The zero-order valence-corrected chi connectivity index (χ0v) is 14.2. The third-order valence-electron chi connectivity index (χ3n) is 4.62. The van der Waals surface area contributed by atoms with Crippen LogP contribution in [0.1, 0.15) is 23.3 Å². The van der Waals surface area contributed by atoms with Crippen molar-refractivity contribution in [3.8, 4) is 0 Å². The third-order valence-corrected chi connectivity index (χ3v) is 5.73. The van der Waals surface area contributed by atoms with Crippen molar-refractivity contribution in [3.63, 3.8) is 0 Å².